The number of aromatic nitrogens is 2. The van der Waals surface area contributed by atoms with Crippen molar-refractivity contribution in [2.45, 2.75) is 25.4 Å². The summed E-state index contributed by atoms with van der Waals surface area (Å²) >= 11 is 1.50. The average molecular weight is 346 g/mol. The van der Waals surface area contributed by atoms with E-state index in [1.165, 1.54) is 11.3 Å². The molecule has 3 heterocycles. The van der Waals surface area contributed by atoms with Crippen LogP contribution in [0.5, 0.6) is 0 Å². The van der Waals surface area contributed by atoms with Crippen LogP contribution in [0, 0.1) is 6.92 Å². The average Bonchev–Trinajstić information content (AvgIpc) is 3.08. The van der Waals surface area contributed by atoms with E-state index in [1.54, 1.807) is 18.3 Å². The minimum atomic E-state index is -0.933. The molecule has 0 aliphatic carbocycles. The predicted molar refractivity (Wildman–Crippen MR) is 94.4 cm³/mol. The van der Waals surface area contributed by atoms with Gasteiger partial charge in [-0.2, -0.15) is 11.3 Å². The quantitative estimate of drug-likeness (QED) is 0.916. The third-order valence-electron chi connectivity index (χ3n) is 4.32. The van der Waals surface area contributed by atoms with E-state index in [1.807, 2.05) is 29.8 Å². The first-order valence-electron chi connectivity index (χ1n) is 8.00. The molecule has 0 spiro atoms. The smallest absolute Gasteiger partial charge is 0.254 e. The Labute approximate surface area is 145 Å². The molecule has 1 aliphatic rings. The first-order chi connectivity index (χ1) is 11.5. The lowest BCUT2D eigenvalue weighted by molar-refractivity contribution is -0.000125. The van der Waals surface area contributed by atoms with Crippen LogP contribution in [-0.2, 0) is 0 Å². The van der Waals surface area contributed by atoms with Gasteiger partial charge in [-0.1, -0.05) is 0 Å². The molecule has 1 aliphatic heterocycles. The molecule has 128 valence electrons. The van der Waals surface area contributed by atoms with Crippen molar-refractivity contribution >= 4 is 23.1 Å². The van der Waals surface area contributed by atoms with E-state index in [0.717, 1.165) is 24.5 Å². The van der Waals surface area contributed by atoms with Crippen molar-refractivity contribution < 1.29 is 9.90 Å². The summed E-state index contributed by atoms with van der Waals surface area (Å²) in [7, 11) is 1.74. The summed E-state index contributed by atoms with van der Waals surface area (Å²) in [6.07, 6.45) is 3.08. The van der Waals surface area contributed by atoms with E-state index in [4.69, 9.17) is 0 Å². The number of thiophene rings is 1. The molecule has 7 heteroatoms. The lowest BCUT2D eigenvalue weighted by Gasteiger charge is -2.41. The highest BCUT2D eigenvalue weighted by molar-refractivity contribution is 7.08. The van der Waals surface area contributed by atoms with Crippen molar-refractivity contribution in [3.05, 3.63) is 40.5 Å². The summed E-state index contributed by atoms with van der Waals surface area (Å²) in [5.41, 5.74) is 0.640. The highest BCUT2D eigenvalue weighted by atomic mass is 32.1. The summed E-state index contributed by atoms with van der Waals surface area (Å²) in [6, 6.07) is 3.73. The molecule has 6 nitrogen and oxygen atoms in total. The van der Waals surface area contributed by atoms with E-state index in [9.17, 15) is 9.90 Å². The van der Waals surface area contributed by atoms with Gasteiger partial charge in [-0.3, -0.25) is 4.79 Å². The molecule has 24 heavy (non-hydrogen) atoms. The molecule has 0 saturated carbocycles. The van der Waals surface area contributed by atoms with Crippen LogP contribution in [0.4, 0.5) is 5.82 Å². The summed E-state index contributed by atoms with van der Waals surface area (Å²) in [5.74, 6) is 0.770. The standard InChI is InChI=1S/C17H22N4O2S/c1-13-8-15(19-12-18-13)21-6-3-5-17(23,11-21)10-20(2)16(22)14-4-7-24-9-14/h4,7-9,12,23H,3,5-6,10-11H2,1-2H3/t17-/m0/s1. The highest BCUT2D eigenvalue weighted by Gasteiger charge is 2.36. The number of nitrogens with zero attached hydrogens (tertiary/aromatic N) is 4. The molecule has 0 unspecified atom stereocenters. The number of aliphatic hydroxyl groups is 1. The second-order valence-electron chi connectivity index (χ2n) is 6.44. The fourth-order valence-electron chi connectivity index (χ4n) is 3.17. The van der Waals surface area contributed by atoms with Crippen LogP contribution in [0.25, 0.3) is 0 Å². The van der Waals surface area contributed by atoms with Crippen molar-refractivity contribution in [2.24, 2.45) is 0 Å². The van der Waals surface area contributed by atoms with E-state index >= 15 is 0 Å². The molecule has 1 amide bonds. The second-order valence-corrected chi connectivity index (χ2v) is 7.22. The van der Waals surface area contributed by atoms with E-state index in [0.29, 0.717) is 25.1 Å². The van der Waals surface area contributed by atoms with Gasteiger partial charge in [0, 0.05) is 37.3 Å². The van der Waals surface area contributed by atoms with E-state index < -0.39 is 5.60 Å². The topological polar surface area (TPSA) is 69.6 Å². The van der Waals surface area contributed by atoms with E-state index in [-0.39, 0.29) is 5.91 Å². The van der Waals surface area contributed by atoms with Crippen LogP contribution < -0.4 is 4.90 Å². The zero-order chi connectivity index (χ0) is 17.2. The monoisotopic (exact) mass is 346 g/mol. The first-order valence-corrected chi connectivity index (χ1v) is 8.95. The van der Waals surface area contributed by atoms with Crippen molar-refractivity contribution in [1.82, 2.24) is 14.9 Å². The SMILES string of the molecule is Cc1cc(N2CCC[C@](O)(CN(C)C(=O)c3ccsc3)C2)ncn1. The van der Waals surface area contributed by atoms with Crippen LogP contribution in [0.3, 0.4) is 0 Å². The maximum atomic E-state index is 12.4. The third kappa shape index (κ3) is 3.73. The number of amides is 1. The number of β-amino-alcohol motifs (C(OH)–C–C–N with tert-alkyl or cyclic N) is 1. The van der Waals surface area contributed by atoms with Gasteiger partial charge in [0.05, 0.1) is 17.7 Å². The number of hydrogen-bond acceptors (Lipinski definition) is 6. The number of carbonyl (C=O) groups excluding carboxylic acids is 1. The number of rotatable bonds is 4. The van der Waals surface area contributed by atoms with Crippen molar-refractivity contribution in [3.8, 4) is 0 Å². The Morgan fingerprint density at radius 3 is 3.04 bits per heavy atom. The summed E-state index contributed by atoms with van der Waals surface area (Å²) in [6.45, 7) is 3.54. The number of likely N-dealkylation sites (N-methyl/N-ethyl adjacent to an activating group) is 1. The van der Waals surface area contributed by atoms with Crippen LogP contribution >= 0.6 is 11.3 Å². The lowest BCUT2D eigenvalue weighted by Crippen LogP contribution is -2.54. The molecule has 0 bridgehead atoms. The Bertz CT molecular complexity index is 706. The Kier molecular flexibility index (Phi) is 4.82. The Hall–Kier alpha value is -1.99. The molecular weight excluding hydrogens is 324 g/mol. The number of carbonyl (C=O) groups is 1. The molecule has 1 N–H and O–H groups in total. The molecule has 2 aromatic heterocycles. The van der Waals surface area contributed by atoms with Gasteiger partial charge >= 0.3 is 0 Å². The van der Waals surface area contributed by atoms with Gasteiger partial charge in [0.2, 0.25) is 0 Å². The summed E-state index contributed by atoms with van der Waals surface area (Å²) < 4.78 is 0. The first kappa shape index (κ1) is 16.9. The van der Waals surface area contributed by atoms with Gasteiger partial charge in [0.1, 0.15) is 12.1 Å². The molecule has 0 radical (unpaired) electrons. The Balaban J connectivity index is 1.69. The molecule has 1 saturated heterocycles. The van der Waals surface area contributed by atoms with E-state index in [2.05, 4.69) is 14.9 Å². The number of aryl methyl sites for hydroxylation is 1. The molecule has 3 rings (SSSR count). The fraction of sp³-hybridized carbons (Fsp3) is 0.471. The number of hydrogen-bond donors (Lipinski definition) is 1. The predicted octanol–water partition coefficient (Wildman–Crippen LogP) is 1.95. The maximum absolute atomic E-state index is 12.4. The van der Waals surface area contributed by atoms with Gasteiger partial charge in [-0.25, -0.2) is 9.97 Å². The zero-order valence-electron chi connectivity index (χ0n) is 14.0. The fourth-order valence-corrected chi connectivity index (χ4v) is 3.80. The van der Waals surface area contributed by atoms with Gasteiger partial charge in [0.25, 0.3) is 5.91 Å². The molecule has 1 atom stereocenters. The van der Waals surface area contributed by atoms with Gasteiger partial charge in [0.15, 0.2) is 0 Å². The van der Waals surface area contributed by atoms with Crippen LogP contribution in [0.1, 0.15) is 28.9 Å². The largest absolute Gasteiger partial charge is 0.386 e. The summed E-state index contributed by atoms with van der Waals surface area (Å²) in [4.78, 5) is 24.5. The van der Waals surface area contributed by atoms with Crippen LogP contribution in [0.15, 0.2) is 29.2 Å². The van der Waals surface area contributed by atoms with Gasteiger partial charge in [-0.15, -0.1) is 0 Å². The van der Waals surface area contributed by atoms with Crippen molar-refractivity contribution in [2.75, 3.05) is 31.6 Å². The normalized spacial score (nSPS) is 20.9. The Morgan fingerprint density at radius 1 is 1.50 bits per heavy atom. The second kappa shape index (κ2) is 6.86. The zero-order valence-corrected chi connectivity index (χ0v) is 14.8. The molecular formula is C17H22N4O2S. The summed E-state index contributed by atoms with van der Waals surface area (Å²) in [5, 5.41) is 14.7. The van der Waals surface area contributed by atoms with Gasteiger partial charge < -0.3 is 14.9 Å². The minimum Gasteiger partial charge on any atom is -0.386 e. The molecule has 0 aromatic carbocycles. The lowest BCUT2D eigenvalue weighted by atomic mass is 9.92. The number of piperidine rings is 1. The Morgan fingerprint density at radius 2 is 2.33 bits per heavy atom. The van der Waals surface area contributed by atoms with Gasteiger partial charge in [-0.05, 0) is 31.2 Å². The minimum absolute atomic E-state index is 0.0559. The van der Waals surface area contributed by atoms with Crippen molar-refractivity contribution in [3.63, 3.8) is 0 Å². The molecule has 2 aromatic rings. The molecule has 1 fully saturated rings. The van der Waals surface area contributed by atoms with Crippen molar-refractivity contribution in [1.29, 1.82) is 0 Å². The van der Waals surface area contributed by atoms with Crippen LogP contribution in [0.2, 0.25) is 0 Å². The third-order valence-corrected chi connectivity index (χ3v) is 5.00. The number of anilines is 1. The highest BCUT2D eigenvalue weighted by Crippen LogP contribution is 2.26. The van der Waals surface area contributed by atoms with Crippen LogP contribution in [-0.4, -0.2) is 58.2 Å². The maximum Gasteiger partial charge on any atom is 0.254 e.